The molecule has 0 fully saturated rings. The number of halogens is 7. The van der Waals surface area contributed by atoms with Crippen LogP contribution < -0.4 is 10.1 Å². The van der Waals surface area contributed by atoms with Crippen LogP contribution in [-0.2, 0) is 20.2 Å². The summed E-state index contributed by atoms with van der Waals surface area (Å²) in [5, 5.41) is 5.01. The Hall–Kier alpha value is -3.16. The lowest BCUT2D eigenvalue weighted by Gasteiger charge is -2.27. The highest BCUT2D eigenvalue weighted by Gasteiger charge is 2.76. The Morgan fingerprint density at radius 2 is 1.44 bits per heavy atom. The Balaban J connectivity index is 2.21. The number of benzene rings is 2. The Kier molecular flexibility index (Phi) is 7.84. The molecule has 6 nitrogen and oxygen atoms in total. The average molecular weight is 541 g/mol. The number of sulfonamides is 1. The van der Waals surface area contributed by atoms with Crippen molar-refractivity contribution in [3.05, 3.63) is 59.7 Å². The minimum atomic E-state index is -6.66. The number of hydrogen-bond donors (Lipinski definition) is 2. The molecule has 0 aliphatic heterocycles. The zero-order valence-corrected chi connectivity index (χ0v) is 20.2. The van der Waals surface area contributed by atoms with Crippen molar-refractivity contribution < 1.29 is 43.9 Å². The molecule has 0 aromatic heterocycles. The van der Waals surface area contributed by atoms with Crippen LogP contribution in [0.15, 0.2) is 58.5 Å². The first kappa shape index (κ1) is 29.1. The zero-order valence-electron chi connectivity index (χ0n) is 19.3. The van der Waals surface area contributed by atoms with Gasteiger partial charge in [-0.25, -0.2) is 0 Å². The Bertz CT molecular complexity index is 1250. The summed E-state index contributed by atoms with van der Waals surface area (Å²) in [5.41, 5.74) is 0.138. The first-order valence-corrected chi connectivity index (χ1v) is 11.6. The molecule has 0 aliphatic carbocycles. The number of alkyl halides is 7. The number of amides is 1. The van der Waals surface area contributed by atoms with E-state index in [2.05, 4.69) is 5.10 Å². The lowest BCUT2D eigenvalue weighted by atomic mass is 9.87. The van der Waals surface area contributed by atoms with Gasteiger partial charge in [0, 0.05) is 5.69 Å². The molecule has 2 aromatic rings. The third-order valence-corrected chi connectivity index (χ3v) is 6.16. The third-order valence-electron chi connectivity index (χ3n) is 4.94. The molecule has 1 amide bonds. The van der Waals surface area contributed by atoms with Crippen LogP contribution in [0.2, 0.25) is 0 Å². The Morgan fingerprint density at radius 3 is 1.94 bits per heavy atom. The van der Waals surface area contributed by atoms with Crippen LogP contribution in [0.5, 0.6) is 0 Å². The second-order valence-electron chi connectivity index (χ2n) is 8.75. The number of hydrogen-bond acceptors (Lipinski definition) is 4. The first-order chi connectivity index (χ1) is 16.2. The zero-order chi connectivity index (χ0) is 27.7. The van der Waals surface area contributed by atoms with Crippen LogP contribution in [-0.4, -0.2) is 38.1 Å². The molecule has 0 atom stereocenters. The fourth-order valence-electron chi connectivity index (χ4n) is 2.73. The van der Waals surface area contributed by atoms with Gasteiger partial charge in [0.1, 0.15) is 0 Å². The number of carbonyl (C=O) groups excluding carboxylic acids is 1. The van der Waals surface area contributed by atoms with Gasteiger partial charge in [-0.05, 0) is 47.7 Å². The van der Waals surface area contributed by atoms with Gasteiger partial charge in [0.15, 0.2) is 0 Å². The molecule has 0 aliphatic rings. The molecule has 0 unspecified atom stereocenters. The molecule has 14 heteroatoms. The number of nitrogens with one attached hydrogen (secondary N) is 2. The van der Waals surface area contributed by atoms with E-state index < -0.39 is 39.6 Å². The van der Waals surface area contributed by atoms with Crippen LogP contribution >= 0.6 is 0 Å². The van der Waals surface area contributed by atoms with Crippen molar-refractivity contribution >= 4 is 27.3 Å². The van der Waals surface area contributed by atoms with Crippen LogP contribution in [0, 0.1) is 0 Å². The van der Waals surface area contributed by atoms with Crippen LogP contribution in [0.4, 0.5) is 36.4 Å². The van der Waals surface area contributed by atoms with E-state index in [1.54, 1.807) is 12.1 Å². The van der Waals surface area contributed by atoms with Crippen molar-refractivity contribution in [1.82, 2.24) is 4.83 Å². The van der Waals surface area contributed by atoms with Gasteiger partial charge in [0.2, 0.25) is 0 Å². The standard InChI is InChI=1S/C22H22F7N3O3S/c1-13(31-32-36(34,35)17-10-8-15(9-11-17)19(2,3)4)14-6-5-7-16(12-14)30-18(33)20(23,24)21(25,26)22(27,28)29/h5-12,32H,1-4H3,(H,30,33)/b31-13+. The van der Waals surface area contributed by atoms with Crippen molar-refractivity contribution in [3.63, 3.8) is 0 Å². The topological polar surface area (TPSA) is 87.6 Å². The van der Waals surface area contributed by atoms with Crippen molar-refractivity contribution in [1.29, 1.82) is 0 Å². The van der Waals surface area contributed by atoms with E-state index in [-0.39, 0.29) is 21.6 Å². The van der Waals surface area contributed by atoms with Gasteiger partial charge in [-0.15, -0.1) is 0 Å². The summed E-state index contributed by atoms with van der Waals surface area (Å²) in [6.45, 7) is 7.14. The molecule has 0 spiro atoms. The van der Waals surface area contributed by atoms with E-state index in [1.165, 1.54) is 30.4 Å². The number of rotatable bonds is 7. The van der Waals surface area contributed by atoms with Gasteiger partial charge in [-0.1, -0.05) is 45.0 Å². The first-order valence-electron chi connectivity index (χ1n) is 10.1. The molecule has 198 valence electrons. The second kappa shape index (κ2) is 9.71. The summed E-state index contributed by atoms with van der Waals surface area (Å²) in [5.74, 6) is -15.6. The molecule has 36 heavy (non-hydrogen) atoms. The summed E-state index contributed by atoms with van der Waals surface area (Å²) in [7, 11) is -4.10. The summed E-state index contributed by atoms with van der Waals surface area (Å²) in [4.78, 5) is 13.4. The van der Waals surface area contributed by atoms with Crippen LogP contribution in [0.25, 0.3) is 0 Å². The average Bonchev–Trinajstić information content (AvgIpc) is 2.76. The van der Waals surface area contributed by atoms with Gasteiger partial charge in [0.25, 0.3) is 10.0 Å². The van der Waals surface area contributed by atoms with E-state index >= 15 is 0 Å². The van der Waals surface area contributed by atoms with Crippen molar-refractivity contribution in [2.45, 2.75) is 56.0 Å². The summed E-state index contributed by atoms with van der Waals surface area (Å²) in [6, 6.07) is 10.4. The summed E-state index contributed by atoms with van der Waals surface area (Å²) < 4.78 is 115. The van der Waals surface area contributed by atoms with E-state index in [4.69, 9.17) is 0 Å². The van der Waals surface area contributed by atoms with Gasteiger partial charge in [0.05, 0.1) is 10.6 Å². The summed E-state index contributed by atoms with van der Waals surface area (Å²) >= 11 is 0. The van der Waals surface area contributed by atoms with E-state index in [0.717, 1.165) is 23.8 Å². The van der Waals surface area contributed by atoms with Crippen LogP contribution in [0.1, 0.15) is 38.8 Å². The highest BCUT2D eigenvalue weighted by atomic mass is 32.2. The second-order valence-corrected chi connectivity index (χ2v) is 10.4. The minimum absolute atomic E-state index is 0.0339. The SMILES string of the molecule is C/C(=N\NS(=O)(=O)c1ccc(C(C)(C)C)cc1)c1cccc(NC(=O)C(F)(F)C(F)(F)C(F)(F)F)c1. The largest absolute Gasteiger partial charge is 0.460 e. The van der Waals surface area contributed by atoms with Gasteiger partial charge >= 0.3 is 23.9 Å². The molecule has 2 rings (SSSR count). The van der Waals surface area contributed by atoms with Crippen molar-refractivity contribution in [2.24, 2.45) is 5.10 Å². The van der Waals surface area contributed by atoms with Gasteiger partial charge in [-0.2, -0.15) is 49.1 Å². The van der Waals surface area contributed by atoms with E-state index in [0.29, 0.717) is 0 Å². The van der Waals surface area contributed by atoms with Crippen LogP contribution in [0.3, 0.4) is 0 Å². The fourth-order valence-corrected chi connectivity index (χ4v) is 3.59. The fraction of sp³-hybridized carbons (Fsp3) is 0.364. The van der Waals surface area contributed by atoms with E-state index in [9.17, 15) is 43.9 Å². The monoisotopic (exact) mass is 541 g/mol. The lowest BCUT2D eigenvalue weighted by molar-refractivity contribution is -0.343. The lowest BCUT2D eigenvalue weighted by Crippen LogP contribution is -2.57. The molecule has 0 bridgehead atoms. The maximum absolute atomic E-state index is 13.6. The third kappa shape index (κ3) is 6.15. The normalized spacial score (nSPS) is 13.9. The minimum Gasteiger partial charge on any atom is -0.321 e. The van der Waals surface area contributed by atoms with Gasteiger partial charge < -0.3 is 5.32 Å². The molecular weight excluding hydrogens is 519 g/mol. The molecule has 2 aromatic carbocycles. The maximum Gasteiger partial charge on any atom is 0.460 e. The van der Waals surface area contributed by atoms with Crippen molar-refractivity contribution in [2.75, 3.05) is 5.32 Å². The number of anilines is 1. The highest BCUT2D eigenvalue weighted by molar-refractivity contribution is 7.89. The Morgan fingerprint density at radius 1 is 0.889 bits per heavy atom. The maximum atomic E-state index is 13.6. The predicted octanol–water partition coefficient (Wildman–Crippen LogP) is 5.46. The molecule has 0 heterocycles. The molecule has 0 radical (unpaired) electrons. The van der Waals surface area contributed by atoms with Crippen molar-refractivity contribution in [3.8, 4) is 0 Å². The quantitative estimate of drug-likeness (QED) is 0.277. The number of carbonyl (C=O) groups is 1. The van der Waals surface area contributed by atoms with E-state index in [1.807, 2.05) is 25.6 Å². The highest BCUT2D eigenvalue weighted by Crippen LogP contribution is 2.46. The van der Waals surface area contributed by atoms with Gasteiger partial charge in [-0.3, -0.25) is 4.79 Å². The predicted molar refractivity (Wildman–Crippen MR) is 119 cm³/mol. The Labute approximate surface area is 202 Å². The number of hydrazone groups is 1. The molecule has 0 saturated carbocycles. The smallest absolute Gasteiger partial charge is 0.321 e. The molecular formula is C22H22F7N3O3S. The molecule has 2 N–H and O–H groups in total. The number of nitrogens with zero attached hydrogens (tertiary/aromatic N) is 1. The molecule has 0 saturated heterocycles. The summed E-state index contributed by atoms with van der Waals surface area (Å²) in [6.07, 6.45) is -6.66.